The normalized spacial score (nSPS) is 11.7. The predicted molar refractivity (Wildman–Crippen MR) is 54.6 cm³/mol. The number of nitrogens with two attached hydrogens (primary N) is 2. The third kappa shape index (κ3) is 5.07. The van der Waals surface area contributed by atoms with Crippen molar-refractivity contribution in [1.29, 1.82) is 0 Å². The van der Waals surface area contributed by atoms with Crippen LogP contribution >= 0.6 is 0 Å². The van der Waals surface area contributed by atoms with Crippen molar-refractivity contribution in [3.05, 3.63) is 29.3 Å². The Bertz CT molecular complexity index is 388. The van der Waals surface area contributed by atoms with Crippen LogP contribution in [-0.4, -0.2) is 17.2 Å². The van der Waals surface area contributed by atoms with Gasteiger partial charge in [0.15, 0.2) is 0 Å². The monoisotopic (exact) mass is 290 g/mol. The van der Waals surface area contributed by atoms with Crippen molar-refractivity contribution in [2.45, 2.75) is 12.4 Å². The lowest BCUT2D eigenvalue weighted by molar-refractivity contribution is -0.142. The molecule has 0 aromatic heterocycles. The van der Waals surface area contributed by atoms with Gasteiger partial charge in [0.25, 0.3) is 0 Å². The molecule has 0 fully saturated rings. The van der Waals surface area contributed by atoms with Gasteiger partial charge < -0.3 is 10.0 Å². The van der Waals surface area contributed by atoms with E-state index < -0.39 is 36.1 Å². The molecule has 108 valence electrons. The van der Waals surface area contributed by atoms with Crippen molar-refractivity contribution in [1.82, 2.24) is 0 Å². The van der Waals surface area contributed by atoms with E-state index in [1.165, 1.54) is 0 Å². The molecule has 1 rings (SSSR count). The maximum absolute atomic E-state index is 12.3. The van der Waals surface area contributed by atoms with Crippen LogP contribution in [0.4, 0.5) is 26.3 Å². The third-order valence-electron chi connectivity index (χ3n) is 1.91. The first-order valence-corrected chi connectivity index (χ1v) is 4.50. The van der Waals surface area contributed by atoms with Gasteiger partial charge in [-0.15, -0.1) is 0 Å². The van der Waals surface area contributed by atoms with E-state index in [2.05, 4.69) is 11.7 Å². The number of hydrogen-bond acceptors (Lipinski definition) is 4. The average molecular weight is 290 g/mol. The minimum absolute atomic E-state index is 0.0914. The fourth-order valence-electron chi connectivity index (χ4n) is 1.13. The van der Waals surface area contributed by atoms with E-state index >= 15 is 0 Å². The van der Waals surface area contributed by atoms with Crippen molar-refractivity contribution in [2.75, 3.05) is 0 Å². The summed E-state index contributed by atoms with van der Waals surface area (Å²) in [5.74, 6) is 8.00. The Morgan fingerprint density at radius 3 is 1.32 bits per heavy atom. The molecule has 0 aliphatic heterocycles. The summed E-state index contributed by atoms with van der Waals surface area (Å²) in [5.41, 5.74) is -4.04. The summed E-state index contributed by atoms with van der Waals surface area (Å²) in [4.78, 5) is 0. The van der Waals surface area contributed by atoms with E-state index in [0.29, 0.717) is 0 Å². The molecule has 0 heterocycles. The Hall–Kier alpha value is -1.30. The van der Waals surface area contributed by atoms with E-state index in [1.54, 1.807) is 0 Å². The molecule has 0 aliphatic carbocycles. The number of benzene rings is 1. The van der Waals surface area contributed by atoms with Gasteiger partial charge in [-0.1, -0.05) is 12.1 Å². The van der Waals surface area contributed by atoms with Crippen molar-refractivity contribution in [3.63, 3.8) is 0 Å². The van der Waals surface area contributed by atoms with Crippen LogP contribution in [0.1, 0.15) is 11.1 Å². The summed E-state index contributed by atoms with van der Waals surface area (Å²) in [7, 11) is -2.40. The molecule has 11 heteroatoms. The van der Waals surface area contributed by atoms with Crippen LogP contribution in [0.15, 0.2) is 18.2 Å². The second-order valence-electron chi connectivity index (χ2n) is 3.21. The highest BCUT2D eigenvalue weighted by atomic mass is 19.4. The minimum Gasteiger partial charge on any atom is -0.423 e. The average Bonchev–Trinajstić information content (AvgIpc) is 2.28. The lowest BCUT2D eigenvalue weighted by atomic mass is 9.78. The first-order valence-electron chi connectivity index (χ1n) is 4.50. The van der Waals surface area contributed by atoms with Gasteiger partial charge in [0.2, 0.25) is 0 Å². The summed E-state index contributed by atoms with van der Waals surface area (Å²) < 4.78 is 73.6. The first kappa shape index (κ1) is 17.7. The SMILES string of the molecule is NN.OB(O)c1cc(C(F)(F)F)cc(C(F)(F)F)c1. The molecule has 0 saturated heterocycles. The number of alkyl halides is 6. The Morgan fingerprint density at radius 2 is 1.11 bits per heavy atom. The molecule has 1 aromatic rings. The molecule has 0 saturated carbocycles. The molecule has 1 aromatic carbocycles. The van der Waals surface area contributed by atoms with Crippen LogP contribution < -0.4 is 17.1 Å². The van der Waals surface area contributed by atoms with E-state index in [4.69, 9.17) is 10.0 Å². The van der Waals surface area contributed by atoms with Crippen molar-refractivity contribution < 1.29 is 36.4 Å². The highest BCUT2D eigenvalue weighted by Crippen LogP contribution is 2.34. The molecule has 0 spiro atoms. The van der Waals surface area contributed by atoms with Crippen LogP contribution in [0.2, 0.25) is 0 Å². The maximum atomic E-state index is 12.3. The zero-order valence-corrected chi connectivity index (χ0v) is 9.13. The van der Waals surface area contributed by atoms with Gasteiger partial charge in [0.1, 0.15) is 0 Å². The lowest BCUT2D eigenvalue weighted by Gasteiger charge is -2.13. The molecule has 0 aliphatic rings. The first-order chi connectivity index (χ1) is 8.51. The highest BCUT2D eigenvalue weighted by Gasteiger charge is 2.37. The van der Waals surface area contributed by atoms with Crippen LogP contribution in [-0.2, 0) is 12.4 Å². The van der Waals surface area contributed by atoms with Gasteiger partial charge >= 0.3 is 19.5 Å². The van der Waals surface area contributed by atoms with Crippen molar-refractivity contribution in [3.8, 4) is 0 Å². The second-order valence-corrected chi connectivity index (χ2v) is 3.21. The predicted octanol–water partition coefficient (Wildman–Crippen LogP) is 0.223. The van der Waals surface area contributed by atoms with Crippen LogP contribution in [0, 0.1) is 0 Å². The Kier molecular flexibility index (Phi) is 5.81. The fourth-order valence-corrected chi connectivity index (χ4v) is 1.13. The van der Waals surface area contributed by atoms with Crippen molar-refractivity contribution >= 4 is 12.6 Å². The van der Waals surface area contributed by atoms with Gasteiger partial charge in [-0.2, -0.15) is 26.3 Å². The third-order valence-corrected chi connectivity index (χ3v) is 1.91. The molecule has 0 atom stereocenters. The molecular weight excluding hydrogens is 281 g/mol. The van der Waals surface area contributed by atoms with Gasteiger partial charge in [-0.05, 0) is 11.5 Å². The van der Waals surface area contributed by atoms with Crippen LogP contribution in [0.3, 0.4) is 0 Å². The molecule has 4 nitrogen and oxygen atoms in total. The number of hydrogen-bond donors (Lipinski definition) is 4. The topological polar surface area (TPSA) is 92.5 Å². The van der Waals surface area contributed by atoms with E-state index in [9.17, 15) is 26.3 Å². The summed E-state index contributed by atoms with van der Waals surface area (Å²) >= 11 is 0. The van der Waals surface area contributed by atoms with Gasteiger partial charge in [0.05, 0.1) is 11.1 Å². The van der Waals surface area contributed by atoms with E-state index in [0.717, 1.165) is 0 Å². The quantitative estimate of drug-likeness (QED) is 0.258. The molecule has 0 radical (unpaired) electrons. The van der Waals surface area contributed by atoms with Crippen LogP contribution in [0.5, 0.6) is 0 Å². The summed E-state index contributed by atoms with van der Waals surface area (Å²) in [6.07, 6.45) is -9.99. The van der Waals surface area contributed by atoms with Gasteiger partial charge in [0, 0.05) is 0 Å². The van der Waals surface area contributed by atoms with Gasteiger partial charge in [-0.3, -0.25) is 11.7 Å². The smallest absolute Gasteiger partial charge is 0.423 e. The molecular formula is C8H9BF6N2O2. The highest BCUT2D eigenvalue weighted by molar-refractivity contribution is 6.58. The fraction of sp³-hybridized carbons (Fsp3) is 0.250. The lowest BCUT2D eigenvalue weighted by Crippen LogP contribution is -2.32. The van der Waals surface area contributed by atoms with Gasteiger partial charge in [-0.25, -0.2) is 0 Å². The minimum atomic E-state index is -5.00. The molecule has 0 unspecified atom stereocenters. The Balaban J connectivity index is 0.00000154. The number of hydrazine groups is 1. The summed E-state index contributed by atoms with van der Waals surface area (Å²) in [6, 6.07) is 0.408. The second kappa shape index (κ2) is 6.24. The summed E-state index contributed by atoms with van der Waals surface area (Å²) in [5, 5.41) is 17.2. The molecule has 19 heavy (non-hydrogen) atoms. The molecule has 0 bridgehead atoms. The number of rotatable bonds is 1. The molecule has 6 N–H and O–H groups in total. The molecule has 0 amide bonds. The maximum Gasteiger partial charge on any atom is 0.488 e. The number of halogens is 6. The van der Waals surface area contributed by atoms with Crippen LogP contribution in [0.25, 0.3) is 0 Å². The van der Waals surface area contributed by atoms with E-state index in [1.807, 2.05) is 0 Å². The largest absolute Gasteiger partial charge is 0.488 e. The van der Waals surface area contributed by atoms with Crippen molar-refractivity contribution in [2.24, 2.45) is 11.7 Å². The van der Waals surface area contributed by atoms with E-state index in [-0.39, 0.29) is 18.2 Å². The zero-order valence-electron chi connectivity index (χ0n) is 9.13. The summed E-state index contributed by atoms with van der Waals surface area (Å²) in [6.45, 7) is 0. The Labute approximate surface area is 103 Å². The zero-order chi connectivity index (χ0) is 15.4. The Morgan fingerprint density at radius 1 is 0.789 bits per heavy atom. The standard InChI is InChI=1S/C8H5BF6O2.H4N2/c10-7(11,12)4-1-5(8(13,14)15)3-6(2-4)9(16)17;1-2/h1-3,16-17H;1-2H2.